The highest BCUT2D eigenvalue weighted by Gasteiger charge is 2.34. The van der Waals surface area contributed by atoms with Crippen molar-refractivity contribution in [3.8, 4) is 11.5 Å². The molecule has 0 saturated heterocycles. The molecule has 0 bridgehead atoms. The van der Waals surface area contributed by atoms with Crippen LogP contribution in [0.15, 0.2) is 71.6 Å². The molecule has 0 aliphatic carbocycles. The maximum absolute atomic E-state index is 14.2. The van der Waals surface area contributed by atoms with E-state index in [-0.39, 0.29) is 28.8 Å². The van der Waals surface area contributed by atoms with Crippen LogP contribution >= 0.6 is 11.6 Å². The predicted molar refractivity (Wildman–Crippen MR) is 169 cm³/mol. The summed E-state index contributed by atoms with van der Waals surface area (Å²) in [5.41, 5.74) is 2.07. The molecule has 0 saturated carbocycles. The van der Waals surface area contributed by atoms with Crippen LogP contribution in [-0.4, -0.2) is 58.5 Å². The molecule has 11 heteroatoms. The van der Waals surface area contributed by atoms with Crippen LogP contribution in [0, 0.1) is 6.92 Å². The fraction of sp³-hybridized carbons (Fsp3) is 0.375. The van der Waals surface area contributed by atoms with Gasteiger partial charge >= 0.3 is 0 Å². The number of anilines is 1. The highest BCUT2D eigenvalue weighted by Crippen LogP contribution is 2.32. The smallest absolute Gasteiger partial charge is 0.264 e. The summed E-state index contributed by atoms with van der Waals surface area (Å²) in [7, 11) is -1.43. The van der Waals surface area contributed by atoms with Crippen LogP contribution in [0.3, 0.4) is 0 Å². The number of sulfonamides is 1. The fourth-order valence-corrected chi connectivity index (χ4v) is 6.23. The third-order valence-corrected chi connectivity index (χ3v) is 9.01. The number of ether oxygens (including phenoxy) is 2. The van der Waals surface area contributed by atoms with Crippen LogP contribution < -0.4 is 19.1 Å². The third-order valence-electron chi connectivity index (χ3n) is 6.99. The van der Waals surface area contributed by atoms with Crippen LogP contribution in [0.2, 0.25) is 5.02 Å². The molecule has 0 heterocycles. The lowest BCUT2D eigenvalue weighted by Crippen LogP contribution is -2.52. The van der Waals surface area contributed by atoms with Crippen LogP contribution in [0.25, 0.3) is 0 Å². The summed E-state index contributed by atoms with van der Waals surface area (Å²) in [6, 6.07) is 17.3. The maximum atomic E-state index is 14.2. The van der Waals surface area contributed by atoms with E-state index in [0.29, 0.717) is 23.7 Å². The van der Waals surface area contributed by atoms with Crippen molar-refractivity contribution in [2.24, 2.45) is 0 Å². The molecule has 0 aromatic heterocycles. The largest absolute Gasteiger partial charge is 0.493 e. The van der Waals surface area contributed by atoms with Crippen molar-refractivity contribution in [1.82, 2.24) is 10.2 Å². The minimum absolute atomic E-state index is 0.0949. The van der Waals surface area contributed by atoms with Crippen molar-refractivity contribution in [3.63, 3.8) is 0 Å². The number of unbranched alkanes of at least 4 members (excludes halogenated alkanes) is 1. The van der Waals surface area contributed by atoms with Crippen molar-refractivity contribution in [2.45, 2.75) is 57.5 Å². The van der Waals surface area contributed by atoms with E-state index < -0.39 is 28.5 Å². The lowest BCUT2D eigenvalue weighted by molar-refractivity contribution is -0.140. The normalized spacial score (nSPS) is 11.9. The second kappa shape index (κ2) is 15.6. The van der Waals surface area contributed by atoms with Gasteiger partial charge in [-0.15, -0.1) is 0 Å². The lowest BCUT2D eigenvalue weighted by Gasteiger charge is -2.33. The van der Waals surface area contributed by atoms with Crippen molar-refractivity contribution in [2.75, 3.05) is 31.6 Å². The van der Waals surface area contributed by atoms with Crippen molar-refractivity contribution in [3.05, 3.63) is 82.9 Å². The molecular formula is C32H40ClN3O6S. The molecule has 3 rings (SSSR count). The zero-order valence-electron chi connectivity index (χ0n) is 25.3. The van der Waals surface area contributed by atoms with Gasteiger partial charge in [-0.05, 0) is 61.7 Å². The number of benzene rings is 3. The molecule has 1 atom stereocenters. The van der Waals surface area contributed by atoms with E-state index in [9.17, 15) is 18.0 Å². The summed E-state index contributed by atoms with van der Waals surface area (Å²) in [6.45, 7) is 5.87. The SMILES string of the molecule is CCCCNC(=O)[C@@H](CC)N(Cc1cccc(C)c1)C(=O)CN(c1ccc(Cl)cc1)S(=O)(=O)c1ccc(OC)c(OC)c1. The molecule has 0 spiro atoms. The molecule has 0 aliphatic heterocycles. The molecule has 3 aromatic carbocycles. The third kappa shape index (κ3) is 8.64. The summed E-state index contributed by atoms with van der Waals surface area (Å²) in [5, 5.41) is 3.34. The Balaban J connectivity index is 2.07. The topological polar surface area (TPSA) is 105 Å². The summed E-state index contributed by atoms with van der Waals surface area (Å²) in [4.78, 5) is 28.9. The number of methoxy groups -OCH3 is 2. The second-order valence-electron chi connectivity index (χ2n) is 10.1. The van der Waals surface area contributed by atoms with E-state index in [1.54, 1.807) is 12.1 Å². The van der Waals surface area contributed by atoms with Crippen LogP contribution in [0.5, 0.6) is 11.5 Å². The zero-order valence-corrected chi connectivity index (χ0v) is 26.9. The van der Waals surface area contributed by atoms with E-state index in [0.717, 1.165) is 28.3 Å². The molecule has 1 N–H and O–H groups in total. The average molecular weight is 630 g/mol. The number of amides is 2. The number of carbonyl (C=O) groups is 2. The minimum Gasteiger partial charge on any atom is -0.493 e. The molecular weight excluding hydrogens is 590 g/mol. The predicted octanol–water partition coefficient (Wildman–Crippen LogP) is 5.58. The van der Waals surface area contributed by atoms with Crippen LogP contribution in [-0.2, 0) is 26.2 Å². The Morgan fingerprint density at radius 2 is 1.65 bits per heavy atom. The van der Waals surface area contributed by atoms with Gasteiger partial charge in [-0.25, -0.2) is 8.42 Å². The summed E-state index contributed by atoms with van der Waals surface area (Å²) >= 11 is 6.11. The molecule has 232 valence electrons. The Hall–Kier alpha value is -3.76. The molecule has 0 fully saturated rings. The first kappa shape index (κ1) is 33.7. The first-order valence-corrected chi connectivity index (χ1v) is 16.0. The summed E-state index contributed by atoms with van der Waals surface area (Å²) < 4.78 is 39.9. The highest BCUT2D eigenvalue weighted by atomic mass is 35.5. The summed E-state index contributed by atoms with van der Waals surface area (Å²) in [6.07, 6.45) is 2.06. The van der Waals surface area contributed by atoms with Crippen molar-refractivity contribution < 1.29 is 27.5 Å². The Labute approximate surface area is 259 Å². The van der Waals surface area contributed by atoms with Gasteiger partial charge in [0, 0.05) is 24.2 Å². The Morgan fingerprint density at radius 3 is 2.26 bits per heavy atom. The van der Waals surface area contributed by atoms with E-state index >= 15 is 0 Å². The zero-order chi connectivity index (χ0) is 31.6. The number of hydrogen-bond donors (Lipinski definition) is 1. The molecule has 0 aliphatic rings. The van der Waals surface area contributed by atoms with Gasteiger partial charge in [-0.2, -0.15) is 0 Å². The number of nitrogens with one attached hydrogen (secondary N) is 1. The average Bonchev–Trinajstić information content (AvgIpc) is 2.99. The highest BCUT2D eigenvalue weighted by molar-refractivity contribution is 7.92. The van der Waals surface area contributed by atoms with E-state index in [4.69, 9.17) is 21.1 Å². The standard InChI is InChI=1S/C32H40ClN3O6S/c1-6-8-18-34-32(38)28(7-2)35(21-24-11-9-10-23(3)19-24)31(37)22-36(26-14-12-25(33)13-15-26)43(39,40)27-16-17-29(41-4)30(20-27)42-5/h9-17,19-20,28H,6-8,18,21-22H2,1-5H3,(H,34,38)/t28-/m1/s1. The maximum Gasteiger partial charge on any atom is 0.264 e. The van der Waals surface area contributed by atoms with Crippen molar-refractivity contribution >= 4 is 39.1 Å². The van der Waals surface area contributed by atoms with Gasteiger partial charge in [0.15, 0.2) is 11.5 Å². The lowest BCUT2D eigenvalue weighted by atomic mass is 10.1. The van der Waals surface area contributed by atoms with Gasteiger partial charge in [0.25, 0.3) is 10.0 Å². The van der Waals surface area contributed by atoms with Gasteiger partial charge in [0.2, 0.25) is 11.8 Å². The fourth-order valence-electron chi connectivity index (χ4n) is 4.67. The summed E-state index contributed by atoms with van der Waals surface area (Å²) in [5.74, 6) is -0.225. The number of aryl methyl sites for hydroxylation is 1. The Morgan fingerprint density at radius 1 is 0.953 bits per heavy atom. The Bertz CT molecular complexity index is 1500. The van der Waals surface area contributed by atoms with Crippen LogP contribution in [0.4, 0.5) is 5.69 Å². The van der Waals surface area contributed by atoms with Gasteiger partial charge in [0.05, 0.1) is 24.8 Å². The molecule has 0 radical (unpaired) electrons. The number of halogens is 1. The Kier molecular flexibility index (Phi) is 12.3. The van der Waals surface area contributed by atoms with Gasteiger partial charge in [-0.3, -0.25) is 13.9 Å². The van der Waals surface area contributed by atoms with E-state index in [2.05, 4.69) is 5.32 Å². The second-order valence-corrected chi connectivity index (χ2v) is 12.4. The molecule has 0 unspecified atom stereocenters. The first-order valence-electron chi connectivity index (χ1n) is 14.2. The minimum atomic E-state index is -4.30. The van der Waals surface area contributed by atoms with Gasteiger partial charge in [0.1, 0.15) is 12.6 Å². The number of hydrogen-bond acceptors (Lipinski definition) is 6. The number of rotatable bonds is 15. The molecule has 43 heavy (non-hydrogen) atoms. The number of carbonyl (C=O) groups excluding carboxylic acids is 2. The van der Waals surface area contributed by atoms with Crippen LogP contribution in [0.1, 0.15) is 44.2 Å². The van der Waals surface area contributed by atoms with E-state index in [1.807, 2.05) is 45.0 Å². The van der Waals surface area contributed by atoms with Gasteiger partial charge in [-0.1, -0.05) is 61.7 Å². The quantitative estimate of drug-likeness (QED) is 0.220. The molecule has 9 nitrogen and oxygen atoms in total. The number of nitrogens with zero attached hydrogens (tertiary/aromatic N) is 2. The first-order chi connectivity index (χ1) is 20.5. The van der Waals surface area contributed by atoms with Crippen molar-refractivity contribution in [1.29, 1.82) is 0 Å². The van der Waals surface area contributed by atoms with Gasteiger partial charge < -0.3 is 19.7 Å². The van der Waals surface area contributed by atoms with E-state index in [1.165, 1.54) is 49.5 Å². The molecule has 3 aromatic rings. The molecule has 2 amide bonds. The monoisotopic (exact) mass is 629 g/mol.